The molecule has 6 heteroatoms. The average Bonchev–Trinajstić information content (AvgIpc) is 3.20. The quantitative estimate of drug-likeness (QED) is 0.364. The highest BCUT2D eigenvalue weighted by Gasteiger charge is 2.35. The molecule has 0 unspecified atom stereocenters. The van der Waals surface area contributed by atoms with Crippen molar-refractivity contribution < 1.29 is 9.59 Å². The number of nitriles is 1. The van der Waals surface area contributed by atoms with Crippen molar-refractivity contribution in [3.05, 3.63) is 82.7 Å². The van der Waals surface area contributed by atoms with Crippen LogP contribution >= 0.6 is 0 Å². The molecule has 3 aromatic carbocycles. The maximum Gasteiger partial charge on any atom is 0.263 e. The van der Waals surface area contributed by atoms with Gasteiger partial charge in [0.2, 0.25) is 0 Å². The molecule has 2 heterocycles. The van der Waals surface area contributed by atoms with Gasteiger partial charge >= 0.3 is 0 Å². The standard InChI is InChI=1S/C23H12N4O2/c1-25-14-7-9-19-17(11-14)16-10-13(12-24)6-8-18(16)27(19)20-5-3-4-15-21(20)23(29)26(2)22(15)28/h3-11H,2H3. The highest BCUT2D eigenvalue weighted by Crippen LogP contribution is 2.37. The minimum atomic E-state index is -0.345. The van der Waals surface area contributed by atoms with E-state index >= 15 is 0 Å². The van der Waals surface area contributed by atoms with Crippen LogP contribution in [-0.4, -0.2) is 28.3 Å². The molecule has 0 saturated heterocycles. The van der Waals surface area contributed by atoms with E-state index < -0.39 is 0 Å². The lowest BCUT2D eigenvalue weighted by Gasteiger charge is -2.11. The molecule has 0 spiro atoms. The highest BCUT2D eigenvalue weighted by atomic mass is 16.2. The molecule has 6 nitrogen and oxygen atoms in total. The Morgan fingerprint density at radius 1 is 0.966 bits per heavy atom. The molecule has 1 aliphatic heterocycles. The molecule has 0 atom stereocenters. The zero-order valence-electron chi connectivity index (χ0n) is 15.3. The minimum Gasteiger partial charge on any atom is -0.309 e. The van der Waals surface area contributed by atoms with Gasteiger partial charge in [-0.2, -0.15) is 5.26 Å². The summed E-state index contributed by atoms with van der Waals surface area (Å²) in [5, 5.41) is 10.9. The topological polar surface area (TPSA) is 70.5 Å². The second-order valence-electron chi connectivity index (χ2n) is 6.86. The summed E-state index contributed by atoms with van der Waals surface area (Å²) in [5.74, 6) is -0.670. The largest absolute Gasteiger partial charge is 0.309 e. The molecule has 0 radical (unpaired) electrons. The lowest BCUT2D eigenvalue weighted by Crippen LogP contribution is -2.24. The van der Waals surface area contributed by atoms with Gasteiger partial charge in [0.15, 0.2) is 5.69 Å². The first-order valence-electron chi connectivity index (χ1n) is 8.86. The van der Waals surface area contributed by atoms with Gasteiger partial charge in [0.1, 0.15) is 0 Å². The number of carbonyl (C=O) groups excluding carboxylic acids is 2. The number of hydrogen-bond acceptors (Lipinski definition) is 3. The van der Waals surface area contributed by atoms with Crippen molar-refractivity contribution >= 4 is 39.3 Å². The van der Waals surface area contributed by atoms with E-state index in [1.807, 2.05) is 22.8 Å². The predicted octanol–water partition coefficient (Wildman–Crippen LogP) is 4.43. The van der Waals surface area contributed by atoms with Crippen molar-refractivity contribution in [3.63, 3.8) is 0 Å². The number of hydrogen-bond donors (Lipinski definition) is 0. The van der Waals surface area contributed by atoms with E-state index in [1.54, 1.807) is 36.4 Å². The minimum absolute atomic E-state index is 0.324. The smallest absolute Gasteiger partial charge is 0.263 e. The van der Waals surface area contributed by atoms with Crippen molar-refractivity contribution in [2.45, 2.75) is 0 Å². The third kappa shape index (κ3) is 2.14. The summed E-state index contributed by atoms with van der Waals surface area (Å²) in [6.45, 7) is 7.33. The molecule has 0 aliphatic carbocycles. The fraction of sp³-hybridized carbons (Fsp3) is 0.0435. The summed E-state index contributed by atoms with van der Waals surface area (Å²) in [6, 6.07) is 18.0. The van der Waals surface area contributed by atoms with E-state index in [0.717, 1.165) is 26.7 Å². The third-order valence-corrected chi connectivity index (χ3v) is 5.34. The van der Waals surface area contributed by atoms with E-state index in [-0.39, 0.29) is 11.8 Å². The average molecular weight is 376 g/mol. The first-order valence-corrected chi connectivity index (χ1v) is 8.86. The number of aromatic nitrogens is 1. The van der Waals surface area contributed by atoms with Gasteiger partial charge in [-0.05, 0) is 47.9 Å². The van der Waals surface area contributed by atoms with Crippen LogP contribution in [0.5, 0.6) is 0 Å². The number of fused-ring (bicyclic) bond motifs is 4. The van der Waals surface area contributed by atoms with Crippen LogP contribution in [0.3, 0.4) is 0 Å². The second kappa shape index (κ2) is 5.79. The van der Waals surface area contributed by atoms with Crippen molar-refractivity contribution in [1.29, 1.82) is 5.26 Å². The predicted molar refractivity (Wildman–Crippen MR) is 108 cm³/mol. The van der Waals surface area contributed by atoms with Crippen LogP contribution in [0.2, 0.25) is 0 Å². The van der Waals surface area contributed by atoms with Crippen molar-refractivity contribution in [3.8, 4) is 11.8 Å². The normalized spacial score (nSPS) is 13.0. The van der Waals surface area contributed by atoms with Crippen LogP contribution in [-0.2, 0) is 0 Å². The molecular formula is C23H12N4O2. The SMILES string of the molecule is [C-]#[N+]c1ccc2c(c1)c1cc(C#N)ccc1n2-c1cccc2c1C(=O)N(C)C2=O. The fourth-order valence-corrected chi connectivity index (χ4v) is 3.98. The lowest BCUT2D eigenvalue weighted by molar-refractivity contribution is 0.0693. The number of imide groups is 1. The van der Waals surface area contributed by atoms with Crippen LogP contribution in [0.25, 0.3) is 32.3 Å². The zero-order chi connectivity index (χ0) is 20.3. The maximum absolute atomic E-state index is 12.8. The Labute approximate surface area is 165 Å². The summed E-state index contributed by atoms with van der Waals surface area (Å²) in [4.78, 5) is 29.9. The van der Waals surface area contributed by atoms with Gasteiger partial charge in [-0.15, -0.1) is 0 Å². The molecule has 136 valence electrons. The van der Waals surface area contributed by atoms with Crippen LogP contribution < -0.4 is 0 Å². The molecule has 0 fully saturated rings. The van der Waals surface area contributed by atoms with Crippen molar-refractivity contribution in [1.82, 2.24) is 9.47 Å². The second-order valence-corrected chi connectivity index (χ2v) is 6.86. The van der Waals surface area contributed by atoms with Gasteiger partial charge in [-0.25, -0.2) is 4.85 Å². The molecule has 5 rings (SSSR count). The van der Waals surface area contributed by atoms with Crippen LogP contribution in [0, 0.1) is 17.9 Å². The monoisotopic (exact) mass is 376 g/mol. The van der Waals surface area contributed by atoms with Crippen LogP contribution in [0.1, 0.15) is 26.3 Å². The Morgan fingerprint density at radius 2 is 1.69 bits per heavy atom. The Kier molecular flexibility index (Phi) is 3.34. The van der Waals surface area contributed by atoms with Gasteiger partial charge < -0.3 is 4.57 Å². The first kappa shape index (κ1) is 16.7. The maximum atomic E-state index is 12.8. The summed E-state index contributed by atoms with van der Waals surface area (Å²) < 4.78 is 1.92. The van der Waals surface area contributed by atoms with Crippen molar-refractivity contribution in [2.24, 2.45) is 0 Å². The number of amides is 2. The van der Waals surface area contributed by atoms with Crippen LogP contribution in [0.15, 0.2) is 54.6 Å². The Balaban J connectivity index is 1.96. The Hall–Kier alpha value is -4.42. The molecule has 2 amide bonds. The summed E-state index contributed by atoms with van der Waals surface area (Å²) in [7, 11) is 1.47. The van der Waals surface area contributed by atoms with Crippen LogP contribution in [0.4, 0.5) is 5.69 Å². The summed E-state index contributed by atoms with van der Waals surface area (Å²) in [6.07, 6.45) is 0. The molecule has 4 aromatic rings. The summed E-state index contributed by atoms with van der Waals surface area (Å²) in [5.41, 5.74) is 3.92. The molecule has 0 saturated carbocycles. The van der Waals surface area contributed by atoms with Gasteiger partial charge in [0.05, 0.1) is 46.1 Å². The third-order valence-electron chi connectivity index (χ3n) is 5.34. The van der Waals surface area contributed by atoms with Gasteiger partial charge in [0, 0.05) is 12.4 Å². The number of nitrogens with zero attached hydrogens (tertiary/aromatic N) is 4. The first-order chi connectivity index (χ1) is 14.0. The zero-order valence-corrected chi connectivity index (χ0v) is 15.3. The Bertz CT molecular complexity index is 1410. The Morgan fingerprint density at radius 3 is 2.41 bits per heavy atom. The van der Waals surface area contributed by atoms with Crippen molar-refractivity contribution in [2.75, 3.05) is 7.05 Å². The number of rotatable bonds is 1. The molecule has 1 aliphatic rings. The fourth-order valence-electron chi connectivity index (χ4n) is 3.98. The molecule has 0 bridgehead atoms. The number of benzene rings is 3. The van der Waals surface area contributed by atoms with E-state index in [1.165, 1.54) is 7.05 Å². The molecule has 1 aromatic heterocycles. The number of carbonyl (C=O) groups is 2. The van der Waals surface area contributed by atoms with E-state index in [2.05, 4.69) is 10.9 Å². The highest BCUT2D eigenvalue weighted by molar-refractivity contribution is 6.23. The van der Waals surface area contributed by atoms with Gasteiger partial charge in [-0.3, -0.25) is 14.5 Å². The molecule has 0 N–H and O–H groups in total. The lowest BCUT2D eigenvalue weighted by atomic mass is 10.1. The summed E-state index contributed by atoms with van der Waals surface area (Å²) >= 11 is 0. The molecular weight excluding hydrogens is 364 g/mol. The van der Waals surface area contributed by atoms with Gasteiger partial charge in [-0.1, -0.05) is 12.1 Å². The van der Waals surface area contributed by atoms with E-state index in [4.69, 9.17) is 6.57 Å². The van der Waals surface area contributed by atoms with E-state index in [9.17, 15) is 14.9 Å². The van der Waals surface area contributed by atoms with E-state index in [0.29, 0.717) is 28.1 Å². The van der Waals surface area contributed by atoms with Gasteiger partial charge in [0.25, 0.3) is 11.8 Å². The molecule has 29 heavy (non-hydrogen) atoms.